The second kappa shape index (κ2) is 11.4. The van der Waals surface area contributed by atoms with Gasteiger partial charge in [0.25, 0.3) is 0 Å². The maximum Gasteiger partial charge on any atom is 0.470 e. The molecule has 0 radical (unpaired) electrons. The Hall–Kier alpha value is -2.27. The Balaban J connectivity index is 1.19. The number of Topliss-reactive ketones (excluding diaryl/α,β-unsaturated/α-hetero) is 1. The number of carbonyl (C=O) groups is 1. The van der Waals surface area contributed by atoms with E-state index in [0.717, 1.165) is 18.4 Å². The number of hydrogen-bond acceptors (Lipinski definition) is 7. The highest BCUT2D eigenvalue weighted by Gasteiger charge is 2.76. The van der Waals surface area contributed by atoms with E-state index in [2.05, 4.69) is 18.2 Å². The molecule has 5 aliphatic carbocycles. The number of ketones is 1. The molecule has 7 rings (SSSR count). The molecule has 1 aliphatic heterocycles. The summed E-state index contributed by atoms with van der Waals surface area (Å²) in [5.41, 5.74) is -1.09. The summed E-state index contributed by atoms with van der Waals surface area (Å²) in [6.07, 6.45) is 8.41. The van der Waals surface area contributed by atoms with Crippen LogP contribution < -0.4 is 0 Å². The van der Waals surface area contributed by atoms with Crippen molar-refractivity contribution in [1.82, 2.24) is 0 Å². The van der Waals surface area contributed by atoms with E-state index in [-0.39, 0.29) is 36.5 Å². The van der Waals surface area contributed by atoms with Crippen LogP contribution in [-0.4, -0.2) is 68.8 Å². The van der Waals surface area contributed by atoms with E-state index in [9.17, 15) is 29.4 Å². The van der Waals surface area contributed by atoms with Gasteiger partial charge in [0.15, 0.2) is 17.7 Å². The molecule has 0 bridgehead atoms. The summed E-state index contributed by atoms with van der Waals surface area (Å²) in [5, 5.41) is 22.1. The summed E-state index contributed by atoms with van der Waals surface area (Å²) in [5.74, 6) is -1.40. The molecule has 1 aromatic carbocycles. The topological polar surface area (TPSA) is 143 Å². The highest BCUT2D eigenvalue weighted by Crippen LogP contribution is 2.70. The van der Waals surface area contributed by atoms with E-state index in [1.165, 1.54) is 5.56 Å². The molecular weight excluding hydrogens is 614 g/mol. The molecule has 46 heavy (non-hydrogen) atoms. The monoisotopic (exact) mass is 656 g/mol. The van der Waals surface area contributed by atoms with Gasteiger partial charge in [0.2, 0.25) is 0 Å². The summed E-state index contributed by atoms with van der Waals surface area (Å²) >= 11 is 0. The van der Waals surface area contributed by atoms with E-state index < -0.39 is 67.4 Å². The van der Waals surface area contributed by atoms with Crippen molar-refractivity contribution in [3.8, 4) is 0 Å². The number of rotatable bonds is 7. The van der Waals surface area contributed by atoms with Gasteiger partial charge in [-0.15, -0.1) is 0 Å². The number of hydrogen-bond donors (Lipinski definition) is 4. The molecule has 1 heterocycles. The molecule has 4 N–H and O–H groups in total. The van der Waals surface area contributed by atoms with E-state index in [1.54, 1.807) is 12.2 Å². The highest BCUT2D eigenvalue weighted by atomic mass is 31.2. The predicted octanol–water partition coefficient (Wildman–Crippen LogP) is 4.52. The van der Waals surface area contributed by atoms with Crippen molar-refractivity contribution in [2.75, 3.05) is 6.61 Å². The summed E-state index contributed by atoms with van der Waals surface area (Å²) in [4.78, 5) is 33.1. The largest absolute Gasteiger partial charge is 0.470 e. The van der Waals surface area contributed by atoms with Crippen LogP contribution >= 0.6 is 7.82 Å². The average Bonchev–Trinajstić information content (AvgIpc) is 3.50. The third-order valence-electron chi connectivity index (χ3n) is 11.9. The Morgan fingerprint density at radius 1 is 1.13 bits per heavy atom. The van der Waals surface area contributed by atoms with Gasteiger partial charge in [-0.2, -0.15) is 0 Å². The van der Waals surface area contributed by atoms with Crippen molar-refractivity contribution in [2.45, 2.75) is 82.3 Å². The highest BCUT2D eigenvalue weighted by molar-refractivity contribution is 7.46. The van der Waals surface area contributed by atoms with Gasteiger partial charge in [-0.05, 0) is 67.1 Å². The summed E-state index contributed by atoms with van der Waals surface area (Å²) in [7, 11) is -4.98. The molecule has 1 aromatic rings. The summed E-state index contributed by atoms with van der Waals surface area (Å²) in [6, 6.07) is 10.2. The zero-order chi connectivity index (χ0) is 32.6. The number of allylic oxidation sites excluding steroid dienone is 4. The quantitative estimate of drug-likeness (QED) is 0.246. The maximum absolute atomic E-state index is 15.9. The molecule has 12 atom stereocenters. The molecule has 4 fully saturated rings. The first-order chi connectivity index (χ1) is 21.7. The number of halogens is 1. The van der Waals surface area contributed by atoms with Gasteiger partial charge in [-0.1, -0.05) is 74.6 Å². The Labute approximate surface area is 268 Å². The lowest BCUT2D eigenvalue weighted by Crippen LogP contribution is -2.64. The van der Waals surface area contributed by atoms with Gasteiger partial charge in [0.05, 0.1) is 18.3 Å². The van der Waals surface area contributed by atoms with Gasteiger partial charge < -0.3 is 29.5 Å². The van der Waals surface area contributed by atoms with Crippen LogP contribution in [0, 0.1) is 34.5 Å². The molecule has 248 valence electrons. The van der Waals surface area contributed by atoms with Crippen molar-refractivity contribution < 1.29 is 47.7 Å². The van der Waals surface area contributed by atoms with Crippen molar-refractivity contribution in [2.24, 2.45) is 34.5 Å². The van der Waals surface area contributed by atoms with Crippen LogP contribution in [0.4, 0.5) is 4.39 Å². The zero-order valence-electron chi connectivity index (χ0n) is 25.9. The number of ether oxygens (including phenoxy) is 2. The molecular formula is C35H42FO9P. The van der Waals surface area contributed by atoms with Crippen molar-refractivity contribution in [1.29, 1.82) is 0 Å². The number of phosphoric ester groups is 1. The standard InChI is InChI=1S/C35H42FO9P/c1-33-13-12-23(37)15-26(33)27(36)16-24-25-17-30-35(29(39)19-43-46(40,41)42,34(25,2)18-28(38)31(24)33)45-32(44-30)22-10-8-21(9-11-22)14-20-6-4-3-5-7-20/h3-8,10-13,15,21,23-25,27-28,30-32,37-38H,9,14,16-19H2,1-2H3,(H2,40,41,42)/t21?,23?,24-,25-,27-,28-,30+,31?,32+,33-,34-,35+/m0/s1. The summed E-state index contributed by atoms with van der Waals surface area (Å²) in [6.45, 7) is 2.87. The molecule has 0 spiro atoms. The normalized spacial score (nSPS) is 44.5. The van der Waals surface area contributed by atoms with Gasteiger partial charge in [-0.3, -0.25) is 9.32 Å². The van der Waals surface area contributed by atoms with Crippen molar-refractivity contribution in [3.63, 3.8) is 0 Å². The lowest BCUT2D eigenvalue weighted by Gasteiger charge is -2.60. The first-order valence-corrected chi connectivity index (χ1v) is 17.7. The first kappa shape index (κ1) is 32.3. The van der Waals surface area contributed by atoms with Crippen LogP contribution in [0.25, 0.3) is 0 Å². The SMILES string of the molecule is C[C@]12C=CC(O)C=C1[C@@H](F)C[C@@H]1C2[C@@H](O)C[C@@]2(C)[C@H]1C[C@H]1O[C@@H](C3=CCC(Cc4ccccc4)C=C3)O[C@]12C(=O)COP(=O)(O)O. The van der Waals surface area contributed by atoms with Crippen LogP contribution in [-0.2, 0) is 29.8 Å². The number of aliphatic hydroxyl groups excluding tert-OH is 2. The fraction of sp³-hybridized carbons (Fsp3) is 0.571. The second-order valence-electron chi connectivity index (χ2n) is 14.4. The fourth-order valence-corrected chi connectivity index (χ4v) is 10.3. The lowest BCUT2D eigenvalue weighted by molar-refractivity contribution is -0.196. The fourth-order valence-electron chi connectivity index (χ4n) is 10.0. The average molecular weight is 657 g/mol. The molecule has 6 aliphatic rings. The van der Waals surface area contributed by atoms with Gasteiger partial charge in [0, 0.05) is 22.3 Å². The molecule has 11 heteroatoms. The minimum atomic E-state index is -4.98. The number of fused-ring (bicyclic) bond motifs is 7. The van der Waals surface area contributed by atoms with Gasteiger partial charge in [-0.25, -0.2) is 8.96 Å². The van der Waals surface area contributed by atoms with E-state index in [0.29, 0.717) is 12.0 Å². The third-order valence-corrected chi connectivity index (χ3v) is 12.4. The molecule has 3 unspecified atom stereocenters. The van der Waals surface area contributed by atoms with Gasteiger partial charge in [0.1, 0.15) is 12.8 Å². The van der Waals surface area contributed by atoms with E-state index >= 15 is 4.39 Å². The van der Waals surface area contributed by atoms with Crippen LogP contribution in [0.1, 0.15) is 45.1 Å². The molecule has 3 saturated carbocycles. The number of benzene rings is 1. The zero-order valence-corrected chi connectivity index (χ0v) is 26.8. The smallest absolute Gasteiger partial charge is 0.393 e. The first-order valence-electron chi connectivity index (χ1n) is 16.2. The second-order valence-corrected chi connectivity index (χ2v) is 15.7. The lowest BCUT2D eigenvalue weighted by atomic mass is 9.46. The molecule has 0 amide bonds. The summed E-state index contributed by atoms with van der Waals surface area (Å²) < 4.78 is 45.5. The number of aliphatic hydroxyl groups is 2. The number of phosphoric acid groups is 1. The number of carbonyl (C=O) groups excluding carboxylic acids is 1. The van der Waals surface area contributed by atoms with Gasteiger partial charge >= 0.3 is 7.82 Å². The predicted molar refractivity (Wildman–Crippen MR) is 166 cm³/mol. The van der Waals surface area contributed by atoms with Crippen LogP contribution in [0.3, 0.4) is 0 Å². The molecule has 1 saturated heterocycles. The van der Waals surface area contributed by atoms with Crippen molar-refractivity contribution in [3.05, 3.63) is 83.5 Å². The van der Waals surface area contributed by atoms with Crippen LogP contribution in [0.2, 0.25) is 0 Å². The maximum atomic E-state index is 15.9. The van der Waals surface area contributed by atoms with Crippen molar-refractivity contribution >= 4 is 13.6 Å². The molecule has 9 nitrogen and oxygen atoms in total. The number of alkyl halides is 1. The Morgan fingerprint density at radius 2 is 1.89 bits per heavy atom. The minimum absolute atomic E-state index is 0.111. The van der Waals surface area contributed by atoms with Crippen LogP contribution in [0.15, 0.2) is 77.9 Å². The third kappa shape index (κ3) is 5.08. The minimum Gasteiger partial charge on any atom is -0.393 e. The van der Waals surface area contributed by atoms with E-state index in [4.69, 9.17) is 14.0 Å². The Morgan fingerprint density at radius 3 is 2.59 bits per heavy atom. The Bertz CT molecular complexity index is 1550. The van der Waals surface area contributed by atoms with E-state index in [1.807, 2.05) is 50.3 Å². The molecule has 0 aromatic heterocycles. The van der Waals surface area contributed by atoms with Crippen LogP contribution in [0.5, 0.6) is 0 Å². The Kier molecular flexibility index (Phi) is 8.01.